The Morgan fingerprint density at radius 3 is 2.71 bits per heavy atom. The number of carboxylic acids is 1. The Morgan fingerprint density at radius 2 is 2.06 bits per heavy atom. The molecule has 0 atom stereocenters. The highest BCUT2D eigenvalue weighted by molar-refractivity contribution is 7.07. The molecule has 11 heteroatoms. The Kier molecular flexibility index (Phi) is 8.95. The van der Waals surface area contributed by atoms with E-state index in [4.69, 9.17) is 14.7 Å². The van der Waals surface area contributed by atoms with Crippen LogP contribution in [0.15, 0.2) is 29.1 Å². The summed E-state index contributed by atoms with van der Waals surface area (Å²) in [5, 5.41) is 24.0. The zero-order chi connectivity index (χ0) is 22.8. The topological polar surface area (TPSA) is 143 Å². The van der Waals surface area contributed by atoms with Gasteiger partial charge in [-0.15, -0.1) is 11.3 Å². The molecule has 3 N–H and O–H groups in total. The average molecular weight is 446 g/mol. The highest BCUT2D eigenvalue weighted by Gasteiger charge is 2.13. The van der Waals surface area contributed by atoms with Gasteiger partial charge in [0.2, 0.25) is 5.91 Å². The predicted octanol–water partition coefficient (Wildman–Crippen LogP) is 0.140. The smallest absolute Gasteiger partial charge is 0.349 e. The Labute approximate surface area is 181 Å². The van der Waals surface area contributed by atoms with Gasteiger partial charge in [-0.05, 0) is 25.1 Å². The molecule has 0 bridgehead atoms. The van der Waals surface area contributed by atoms with Crippen molar-refractivity contribution in [2.24, 2.45) is 0 Å². The number of nitrogens with zero attached hydrogens (tertiary/aromatic N) is 2. The Balaban J connectivity index is 2.22. The minimum atomic E-state index is -1.39. The van der Waals surface area contributed by atoms with Gasteiger partial charge in [-0.1, -0.05) is 6.07 Å². The predicted molar refractivity (Wildman–Crippen MR) is 116 cm³/mol. The Bertz CT molecular complexity index is 1160. The van der Waals surface area contributed by atoms with E-state index in [0.717, 1.165) is 11.3 Å². The largest absolute Gasteiger partial charge is 0.477 e. The van der Waals surface area contributed by atoms with E-state index in [0.29, 0.717) is 24.6 Å². The number of benzene rings is 1. The highest BCUT2D eigenvalue weighted by atomic mass is 32.1. The second-order valence-electron chi connectivity index (χ2n) is 6.08. The summed E-state index contributed by atoms with van der Waals surface area (Å²) in [6, 6.07) is 8.45. The monoisotopic (exact) mass is 446 g/mol. The van der Waals surface area contributed by atoms with Crippen molar-refractivity contribution in [3.63, 3.8) is 0 Å². The first-order valence-corrected chi connectivity index (χ1v) is 10.0. The van der Waals surface area contributed by atoms with Gasteiger partial charge in [-0.2, -0.15) is 5.26 Å². The van der Waals surface area contributed by atoms with E-state index in [-0.39, 0.29) is 28.3 Å². The summed E-state index contributed by atoms with van der Waals surface area (Å²) in [5.74, 6) is -1.71. The molecule has 2 rings (SSSR count). The van der Waals surface area contributed by atoms with Crippen molar-refractivity contribution in [2.45, 2.75) is 13.5 Å². The summed E-state index contributed by atoms with van der Waals surface area (Å²) in [4.78, 5) is 35.7. The molecule has 1 aromatic heterocycles. The van der Waals surface area contributed by atoms with Crippen molar-refractivity contribution < 1.29 is 24.2 Å². The summed E-state index contributed by atoms with van der Waals surface area (Å²) in [6.07, 6.45) is 1.44. The summed E-state index contributed by atoms with van der Waals surface area (Å²) in [6.45, 7) is 2.52. The van der Waals surface area contributed by atoms with Gasteiger partial charge in [0, 0.05) is 31.2 Å². The van der Waals surface area contributed by atoms with E-state index in [9.17, 15) is 19.5 Å². The molecule has 0 radical (unpaired) electrons. The van der Waals surface area contributed by atoms with Gasteiger partial charge in [0.1, 0.15) is 21.9 Å². The van der Waals surface area contributed by atoms with Crippen LogP contribution in [0.2, 0.25) is 0 Å². The lowest BCUT2D eigenvalue weighted by atomic mass is 10.2. The number of aromatic nitrogens is 1. The summed E-state index contributed by atoms with van der Waals surface area (Å²) in [5.41, 5.74) is 0.239. The lowest BCUT2D eigenvalue weighted by Gasteiger charge is -2.08. The van der Waals surface area contributed by atoms with Crippen molar-refractivity contribution in [2.75, 3.05) is 37.6 Å². The van der Waals surface area contributed by atoms with Crippen LogP contribution in [0.25, 0.3) is 11.8 Å². The standard InChI is InChI=1S/C20H22N4O6S/c1-3-24-18(26)16(31-19(24)15(10-21)20(27)28)11-22-13-5-4-6-14(9-13)23-17(25)12-30-8-7-29-2/h4-6,9,11,22H,3,7-8,12H2,1-2H3,(H,23,25)(H,27,28). The first-order chi connectivity index (χ1) is 14.9. The van der Waals surface area contributed by atoms with Crippen molar-refractivity contribution in [3.8, 4) is 6.07 Å². The number of ether oxygens (including phenoxy) is 2. The fraction of sp³-hybridized carbons (Fsp3) is 0.300. The van der Waals surface area contributed by atoms with Crippen molar-refractivity contribution in [3.05, 3.63) is 43.8 Å². The average Bonchev–Trinajstić information content (AvgIpc) is 3.05. The van der Waals surface area contributed by atoms with Gasteiger partial charge in [-0.25, -0.2) is 4.79 Å². The van der Waals surface area contributed by atoms with Gasteiger partial charge < -0.3 is 25.2 Å². The second-order valence-corrected chi connectivity index (χ2v) is 7.11. The molecule has 1 amide bonds. The first kappa shape index (κ1) is 23.8. The number of rotatable bonds is 10. The van der Waals surface area contributed by atoms with Crippen LogP contribution in [0.5, 0.6) is 0 Å². The molecular formula is C20H22N4O6S. The van der Waals surface area contributed by atoms with Crippen LogP contribution in [0.1, 0.15) is 6.92 Å². The molecule has 0 saturated heterocycles. The van der Waals surface area contributed by atoms with E-state index in [2.05, 4.69) is 10.6 Å². The molecule has 0 aliphatic carbocycles. The minimum Gasteiger partial charge on any atom is -0.477 e. The first-order valence-electron chi connectivity index (χ1n) is 9.21. The second kappa shape index (κ2) is 11.7. The molecule has 0 saturated carbocycles. The number of carbonyl (C=O) groups excluding carboxylic acids is 1. The zero-order valence-electron chi connectivity index (χ0n) is 17.0. The van der Waals surface area contributed by atoms with Gasteiger partial charge in [0.05, 0.1) is 13.2 Å². The zero-order valence-corrected chi connectivity index (χ0v) is 17.8. The Hall–Kier alpha value is -3.46. The molecule has 1 heterocycles. The van der Waals surface area contributed by atoms with E-state index in [1.54, 1.807) is 44.4 Å². The summed E-state index contributed by atoms with van der Waals surface area (Å²) >= 11 is 0.914. The van der Waals surface area contributed by atoms with Crippen LogP contribution in [0.3, 0.4) is 0 Å². The van der Waals surface area contributed by atoms with Crippen LogP contribution < -0.4 is 25.4 Å². The third-order valence-electron chi connectivity index (χ3n) is 3.94. The lowest BCUT2D eigenvalue weighted by Crippen LogP contribution is -2.32. The van der Waals surface area contributed by atoms with E-state index < -0.39 is 17.1 Å². The molecule has 10 nitrogen and oxygen atoms in total. The fourth-order valence-electron chi connectivity index (χ4n) is 2.52. The number of anilines is 2. The van der Waals surface area contributed by atoms with Crippen LogP contribution in [-0.2, 0) is 25.6 Å². The summed E-state index contributed by atoms with van der Waals surface area (Å²) in [7, 11) is 1.54. The van der Waals surface area contributed by atoms with Crippen molar-refractivity contribution in [1.29, 1.82) is 5.26 Å². The number of carbonyl (C=O) groups is 2. The maximum atomic E-state index is 12.6. The van der Waals surface area contributed by atoms with E-state index >= 15 is 0 Å². The molecule has 0 aliphatic rings. The molecule has 0 unspecified atom stereocenters. The number of hydrogen-bond donors (Lipinski definition) is 3. The molecule has 2 aromatic rings. The number of amides is 1. The van der Waals surface area contributed by atoms with Gasteiger partial charge in [0.25, 0.3) is 5.56 Å². The van der Waals surface area contributed by atoms with Crippen LogP contribution in [-0.4, -0.2) is 48.5 Å². The summed E-state index contributed by atoms with van der Waals surface area (Å²) < 4.78 is 11.6. The van der Waals surface area contributed by atoms with Crippen LogP contribution in [0, 0.1) is 11.3 Å². The van der Waals surface area contributed by atoms with Crippen molar-refractivity contribution >= 4 is 46.4 Å². The third-order valence-corrected chi connectivity index (χ3v) is 5.07. The van der Waals surface area contributed by atoms with E-state index in [1.165, 1.54) is 10.8 Å². The van der Waals surface area contributed by atoms with Crippen molar-refractivity contribution in [1.82, 2.24) is 4.57 Å². The number of nitriles is 1. The molecule has 1 aromatic carbocycles. The molecule has 31 heavy (non-hydrogen) atoms. The van der Waals surface area contributed by atoms with Crippen LogP contribution in [0.4, 0.5) is 11.4 Å². The lowest BCUT2D eigenvalue weighted by molar-refractivity contribution is -0.130. The maximum Gasteiger partial charge on any atom is 0.349 e. The molecule has 0 spiro atoms. The maximum absolute atomic E-state index is 12.6. The number of thiazole rings is 1. The molecule has 164 valence electrons. The molecular weight excluding hydrogens is 424 g/mol. The van der Waals surface area contributed by atoms with Gasteiger partial charge in [0.15, 0.2) is 5.57 Å². The van der Waals surface area contributed by atoms with Crippen LogP contribution >= 0.6 is 11.3 Å². The number of hydrogen-bond acceptors (Lipinski definition) is 8. The minimum absolute atomic E-state index is 0.0880. The number of carboxylic acid groups (broad SMARTS) is 1. The fourth-order valence-corrected chi connectivity index (χ4v) is 3.60. The SMILES string of the molecule is CCn1c(=C(C#N)C(=O)O)sc(=CNc2cccc(NC(=O)COCCOC)c2)c1=O. The highest BCUT2D eigenvalue weighted by Crippen LogP contribution is 2.15. The number of methoxy groups -OCH3 is 1. The molecule has 0 aliphatic heterocycles. The Morgan fingerprint density at radius 1 is 1.32 bits per heavy atom. The van der Waals surface area contributed by atoms with Gasteiger partial charge in [-0.3, -0.25) is 14.2 Å². The number of nitrogens with one attached hydrogen (secondary N) is 2. The molecule has 0 fully saturated rings. The van der Waals surface area contributed by atoms with Gasteiger partial charge >= 0.3 is 5.97 Å². The quantitative estimate of drug-likeness (QED) is 0.438. The number of aliphatic carboxylic acids is 1. The third kappa shape index (κ3) is 6.51. The van der Waals surface area contributed by atoms with E-state index in [1.807, 2.05) is 0 Å². The normalized spacial score (nSPS) is 12.2.